The highest BCUT2D eigenvalue weighted by Gasteiger charge is 2.42. The smallest absolute Gasteiger partial charge is 0.137 e. The minimum atomic E-state index is -0.296. The highest BCUT2D eigenvalue weighted by atomic mass is 16.5. The third kappa shape index (κ3) is 2.92. The molecular weight excluding hydrogens is 264 g/mol. The summed E-state index contributed by atoms with van der Waals surface area (Å²) in [6.07, 6.45) is 2.73. The molecule has 0 aliphatic heterocycles. The minimum Gasteiger partial charge on any atom is -0.496 e. The van der Waals surface area contributed by atoms with Gasteiger partial charge in [-0.15, -0.1) is 0 Å². The highest BCUT2D eigenvalue weighted by molar-refractivity contribution is 5.84. The zero-order chi connectivity index (χ0) is 15.6. The third-order valence-electron chi connectivity index (χ3n) is 4.83. The Bertz CT molecular complexity index is 497. The molecule has 2 rings (SSSR count). The Labute approximate surface area is 127 Å². The van der Waals surface area contributed by atoms with E-state index in [0.29, 0.717) is 18.1 Å². The molecule has 1 aliphatic carbocycles. The second kappa shape index (κ2) is 6.08. The molecule has 0 saturated heterocycles. The van der Waals surface area contributed by atoms with Crippen LogP contribution >= 0.6 is 0 Å². The van der Waals surface area contributed by atoms with Crippen LogP contribution in [0.4, 0.5) is 0 Å². The van der Waals surface area contributed by atoms with Crippen molar-refractivity contribution in [2.45, 2.75) is 45.4 Å². The molecule has 0 N–H and O–H groups in total. The van der Waals surface area contributed by atoms with Gasteiger partial charge in [0, 0.05) is 23.3 Å². The van der Waals surface area contributed by atoms with Crippen LogP contribution in [-0.2, 0) is 10.2 Å². The molecule has 1 aromatic carbocycles. The largest absolute Gasteiger partial charge is 0.496 e. The first kappa shape index (κ1) is 15.9. The predicted octanol–water partition coefficient (Wildman–Crippen LogP) is 3.99. The number of benzene rings is 1. The molecule has 2 atom stereocenters. The van der Waals surface area contributed by atoms with Crippen LogP contribution in [0.2, 0.25) is 0 Å². The quantitative estimate of drug-likeness (QED) is 0.841. The fourth-order valence-corrected chi connectivity index (χ4v) is 3.62. The van der Waals surface area contributed by atoms with Crippen molar-refractivity contribution in [3.63, 3.8) is 0 Å². The van der Waals surface area contributed by atoms with Crippen LogP contribution in [0.25, 0.3) is 0 Å². The van der Waals surface area contributed by atoms with E-state index >= 15 is 0 Å². The fourth-order valence-electron chi connectivity index (χ4n) is 3.62. The summed E-state index contributed by atoms with van der Waals surface area (Å²) in [6.45, 7) is 6.42. The van der Waals surface area contributed by atoms with Crippen molar-refractivity contribution in [3.8, 4) is 11.5 Å². The maximum Gasteiger partial charge on any atom is 0.137 e. The molecule has 1 aromatic rings. The van der Waals surface area contributed by atoms with Gasteiger partial charge in [-0.1, -0.05) is 26.8 Å². The van der Waals surface area contributed by atoms with Gasteiger partial charge in [0.15, 0.2) is 0 Å². The number of ether oxygens (including phenoxy) is 2. The van der Waals surface area contributed by atoms with Gasteiger partial charge in [-0.05, 0) is 30.9 Å². The Morgan fingerprint density at radius 3 is 2.14 bits per heavy atom. The Morgan fingerprint density at radius 2 is 1.67 bits per heavy atom. The molecule has 0 bridgehead atoms. The lowest BCUT2D eigenvalue weighted by Gasteiger charge is -2.39. The Morgan fingerprint density at radius 1 is 1.10 bits per heavy atom. The van der Waals surface area contributed by atoms with Crippen molar-refractivity contribution in [3.05, 3.63) is 23.8 Å². The van der Waals surface area contributed by atoms with Crippen molar-refractivity contribution in [1.82, 2.24) is 0 Å². The topological polar surface area (TPSA) is 35.5 Å². The van der Waals surface area contributed by atoms with Gasteiger partial charge in [-0.2, -0.15) is 0 Å². The molecule has 1 fully saturated rings. The van der Waals surface area contributed by atoms with Crippen LogP contribution in [0.3, 0.4) is 0 Å². The van der Waals surface area contributed by atoms with Crippen LogP contribution in [0.5, 0.6) is 11.5 Å². The molecular formula is C18H26O3. The summed E-state index contributed by atoms with van der Waals surface area (Å²) in [7, 11) is 3.33. The van der Waals surface area contributed by atoms with Gasteiger partial charge in [-0.3, -0.25) is 4.79 Å². The second-order valence-electron chi connectivity index (χ2n) is 6.66. The first-order valence-electron chi connectivity index (χ1n) is 7.66. The Balaban J connectivity index is 2.46. The summed E-state index contributed by atoms with van der Waals surface area (Å²) < 4.78 is 11.1. The van der Waals surface area contributed by atoms with Crippen LogP contribution in [0.15, 0.2) is 18.2 Å². The van der Waals surface area contributed by atoms with Crippen LogP contribution in [0.1, 0.15) is 45.6 Å². The highest BCUT2D eigenvalue weighted by Crippen LogP contribution is 2.47. The maximum atomic E-state index is 12.5. The number of hydrogen-bond acceptors (Lipinski definition) is 3. The molecule has 21 heavy (non-hydrogen) atoms. The van der Waals surface area contributed by atoms with E-state index in [1.807, 2.05) is 18.2 Å². The van der Waals surface area contributed by atoms with Gasteiger partial charge in [0.25, 0.3) is 0 Å². The molecule has 3 heteroatoms. The standard InChI is InChI=1S/C18H26O3/c1-12-9-10-13(14(19)11-12)18(2,3)17-15(20-4)7-6-8-16(17)21-5/h6-8,12-13H,9-11H2,1-5H3. The van der Waals surface area contributed by atoms with Crippen molar-refractivity contribution < 1.29 is 14.3 Å². The van der Waals surface area contributed by atoms with Gasteiger partial charge in [-0.25, -0.2) is 0 Å². The minimum absolute atomic E-state index is 0.0268. The van der Waals surface area contributed by atoms with Crippen LogP contribution in [-0.4, -0.2) is 20.0 Å². The van der Waals surface area contributed by atoms with E-state index in [2.05, 4.69) is 20.8 Å². The molecule has 0 spiro atoms. The molecule has 1 aliphatic rings. The molecule has 0 radical (unpaired) electrons. The molecule has 0 amide bonds. The van der Waals surface area contributed by atoms with E-state index in [0.717, 1.165) is 29.9 Å². The van der Waals surface area contributed by atoms with Gasteiger partial charge in [0.2, 0.25) is 0 Å². The second-order valence-corrected chi connectivity index (χ2v) is 6.66. The van der Waals surface area contributed by atoms with E-state index in [9.17, 15) is 4.79 Å². The summed E-state index contributed by atoms with van der Waals surface area (Å²) in [5.74, 6) is 2.49. The summed E-state index contributed by atoms with van der Waals surface area (Å²) in [5, 5.41) is 0. The van der Waals surface area contributed by atoms with Crippen molar-refractivity contribution in [1.29, 1.82) is 0 Å². The molecule has 3 nitrogen and oxygen atoms in total. The number of carbonyl (C=O) groups is 1. The van der Waals surface area contributed by atoms with E-state index in [-0.39, 0.29) is 11.3 Å². The molecule has 1 saturated carbocycles. The van der Waals surface area contributed by atoms with Crippen molar-refractivity contribution in [2.24, 2.45) is 11.8 Å². The number of hydrogen-bond donors (Lipinski definition) is 0. The van der Waals surface area contributed by atoms with Crippen molar-refractivity contribution in [2.75, 3.05) is 14.2 Å². The molecule has 116 valence electrons. The summed E-state index contributed by atoms with van der Waals surface area (Å²) in [4.78, 5) is 12.5. The predicted molar refractivity (Wildman–Crippen MR) is 84.1 cm³/mol. The van der Waals surface area contributed by atoms with Crippen LogP contribution < -0.4 is 9.47 Å². The van der Waals surface area contributed by atoms with E-state index in [1.54, 1.807) is 14.2 Å². The van der Waals surface area contributed by atoms with E-state index in [4.69, 9.17) is 9.47 Å². The molecule has 2 unspecified atom stereocenters. The summed E-state index contributed by atoms with van der Waals surface area (Å²) >= 11 is 0. The SMILES string of the molecule is COc1cccc(OC)c1C(C)(C)C1CCC(C)CC1=O. The lowest BCUT2D eigenvalue weighted by Crippen LogP contribution is -2.38. The van der Waals surface area contributed by atoms with E-state index < -0.39 is 0 Å². The zero-order valence-corrected chi connectivity index (χ0v) is 13.7. The summed E-state index contributed by atoms with van der Waals surface area (Å²) in [6, 6.07) is 5.80. The number of carbonyl (C=O) groups excluding carboxylic acids is 1. The van der Waals surface area contributed by atoms with Gasteiger partial charge in [0.05, 0.1) is 14.2 Å². The van der Waals surface area contributed by atoms with Crippen LogP contribution in [0, 0.1) is 11.8 Å². The number of methoxy groups -OCH3 is 2. The first-order valence-corrected chi connectivity index (χ1v) is 7.66. The average molecular weight is 290 g/mol. The molecule has 0 aromatic heterocycles. The summed E-state index contributed by atoms with van der Waals surface area (Å²) in [5.41, 5.74) is 0.706. The third-order valence-corrected chi connectivity index (χ3v) is 4.83. The number of Topliss-reactive ketones (excluding diaryl/α,β-unsaturated/α-hetero) is 1. The van der Waals surface area contributed by atoms with Crippen molar-refractivity contribution >= 4 is 5.78 Å². The Kier molecular flexibility index (Phi) is 4.60. The maximum absolute atomic E-state index is 12.5. The lowest BCUT2D eigenvalue weighted by atomic mass is 9.65. The Hall–Kier alpha value is -1.51. The number of rotatable bonds is 4. The zero-order valence-electron chi connectivity index (χ0n) is 13.7. The monoisotopic (exact) mass is 290 g/mol. The average Bonchev–Trinajstić information content (AvgIpc) is 2.45. The van der Waals surface area contributed by atoms with Gasteiger partial charge in [0.1, 0.15) is 17.3 Å². The lowest BCUT2D eigenvalue weighted by molar-refractivity contribution is -0.128. The van der Waals surface area contributed by atoms with E-state index in [1.165, 1.54) is 0 Å². The van der Waals surface area contributed by atoms with Gasteiger partial charge < -0.3 is 9.47 Å². The normalized spacial score (nSPS) is 23.0. The first-order chi connectivity index (χ1) is 9.91. The van der Waals surface area contributed by atoms with Gasteiger partial charge >= 0.3 is 0 Å². The molecule has 0 heterocycles. The fraction of sp³-hybridized carbons (Fsp3) is 0.611. The number of ketones is 1.